The fourth-order valence-corrected chi connectivity index (χ4v) is 17.8. The molecule has 1 aliphatic heterocycles. The van der Waals surface area contributed by atoms with Crippen molar-refractivity contribution in [1.29, 1.82) is 0 Å². The van der Waals surface area contributed by atoms with E-state index < -0.39 is 41.8 Å². The second-order valence-electron chi connectivity index (χ2n) is 7.58. The molecule has 0 saturated heterocycles. The Bertz CT molecular complexity index is 464. The normalized spacial score (nSPS) is 22.3. The van der Waals surface area contributed by atoms with Crippen LogP contribution in [-0.4, -0.2) is 46.3 Å². The molecule has 1 rings (SSSR count). The van der Waals surface area contributed by atoms with Crippen LogP contribution in [0.4, 0.5) is 0 Å². The quantitative estimate of drug-likeness (QED) is 0.317. The van der Waals surface area contributed by atoms with Gasteiger partial charge in [-0.05, 0) is 0 Å². The number of esters is 1. The van der Waals surface area contributed by atoms with Crippen molar-refractivity contribution in [1.82, 2.24) is 0 Å². The Morgan fingerprint density at radius 2 is 1.60 bits per heavy atom. The maximum absolute atomic E-state index is 11.5. The first kappa shape index (κ1) is 22.5. The first-order valence-electron chi connectivity index (χ1n) is 9.85. The Kier molecular flexibility index (Phi) is 9.57. The summed E-state index contributed by atoms with van der Waals surface area (Å²) in [6.45, 7) is 8.36. The van der Waals surface area contributed by atoms with Gasteiger partial charge in [-0.2, -0.15) is 0 Å². The third-order valence-electron chi connectivity index (χ3n) is 5.25. The molecule has 0 amide bonds. The van der Waals surface area contributed by atoms with E-state index in [-0.39, 0.29) is 0 Å². The van der Waals surface area contributed by atoms with Crippen molar-refractivity contribution in [3.63, 3.8) is 0 Å². The summed E-state index contributed by atoms with van der Waals surface area (Å²) in [4.78, 5) is 11.5. The Hall–Kier alpha value is -0.491. The third kappa shape index (κ3) is 6.63. The van der Waals surface area contributed by atoms with Crippen LogP contribution in [-0.2, 0) is 9.53 Å². The molecule has 2 atom stereocenters. The van der Waals surface area contributed by atoms with E-state index in [9.17, 15) is 15.0 Å². The van der Waals surface area contributed by atoms with Gasteiger partial charge in [-0.3, -0.25) is 0 Å². The molecular weight excluding hydrogens is 423 g/mol. The van der Waals surface area contributed by atoms with Crippen LogP contribution in [0.2, 0.25) is 13.3 Å². The van der Waals surface area contributed by atoms with Crippen LogP contribution in [0, 0.1) is 0 Å². The molecule has 0 unspecified atom stereocenters. The number of ether oxygens (including phenoxy) is 1. The van der Waals surface area contributed by atoms with Gasteiger partial charge in [0, 0.05) is 0 Å². The van der Waals surface area contributed by atoms with E-state index in [0.717, 1.165) is 0 Å². The van der Waals surface area contributed by atoms with Gasteiger partial charge in [0.2, 0.25) is 0 Å². The summed E-state index contributed by atoms with van der Waals surface area (Å²) in [5, 5.41) is 20.1. The van der Waals surface area contributed by atoms with Gasteiger partial charge < -0.3 is 0 Å². The Labute approximate surface area is 157 Å². The van der Waals surface area contributed by atoms with E-state index in [2.05, 4.69) is 24.9 Å². The van der Waals surface area contributed by atoms with Crippen LogP contribution in [0.3, 0.4) is 0 Å². The monoisotopic (exact) mass is 460 g/mol. The van der Waals surface area contributed by atoms with Crippen molar-refractivity contribution >= 4 is 24.3 Å². The van der Waals surface area contributed by atoms with Gasteiger partial charge in [0.1, 0.15) is 0 Å². The molecule has 144 valence electrons. The van der Waals surface area contributed by atoms with Gasteiger partial charge in [0.25, 0.3) is 0 Å². The molecule has 0 aromatic rings. The molecule has 0 fully saturated rings. The second kappa shape index (κ2) is 10.6. The average molecular weight is 459 g/mol. The Morgan fingerprint density at radius 1 is 1.12 bits per heavy atom. The number of carbonyl (C=O) groups is 1. The topological polar surface area (TPSA) is 66.8 Å². The van der Waals surface area contributed by atoms with E-state index in [1.165, 1.54) is 57.9 Å². The number of aliphatic hydroxyl groups is 2. The van der Waals surface area contributed by atoms with E-state index in [4.69, 9.17) is 4.74 Å². The van der Waals surface area contributed by atoms with E-state index >= 15 is 0 Å². The van der Waals surface area contributed by atoms with Crippen molar-refractivity contribution in [2.45, 2.75) is 91.2 Å². The molecule has 0 spiro atoms. The fraction of sp³-hybridized carbons (Fsp3) is 0.750. The van der Waals surface area contributed by atoms with Crippen LogP contribution in [0.15, 0.2) is 22.0 Å². The molecule has 0 radical (unpaired) electrons. The van der Waals surface area contributed by atoms with Gasteiger partial charge >= 0.3 is 157 Å². The van der Waals surface area contributed by atoms with Crippen LogP contribution in [0.5, 0.6) is 0 Å². The number of hydrogen-bond acceptors (Lipinski definition) is 4. The molecule has 1 heterocycles. The van der Waals surface area contributed by atoms with Crippen molar-refractivity contribution in [2.75, 3.05) is 0 Å². The van der Waals surface area contributed by atoms with Crippen molar-refractivity contribution in [3.05, 3.63) is 22.0 Å². The SMILES string of the molecule is CCC[CH2][Sn](/[CH]=C/[C@@H](O)[C@]1(C)C=C(O)C(=O)O1)([CH2]CCC)[CH2]CCC. The molecule has 5 heteroatoms. The molecule has 0 aromatic heterocycles. The zero-order chi connectivity index (χ0) is 18.9. The summed E-state index contributed by atoms with van der Waals surface area (Å²) in [6, 6.07) is 0. The zero-order valence-electron chi connectivity index (χ0n) is 16.4. The number of aliphatic hydroxyl groups excluding tert-OH is 2. The minimum absolute atomic E-state index is 0.410. The molecule has 0 saturated carbocycles. The summed E-state index contributed by atoms with van der Waals surface area (Å²) < 4.78 is 11.5. The summed E-state index contributed by atoms with van der Waals surface area (Å²) in [6.07, 6.45) is 9.68. The first-order chi connectivity index (χ1) is 11.8. The van der Waals surface area contributed by atoms with Crippen molar-refractivity contribution in [3.8, 4) is 0 Å². The van der Waals surface area contributed by atoms with Gasteiger partial charge in [0.15, 0.2) is 0 Å². The molecule has 25 heavy (non-hydrogen) atoms. The molecule has 1 aliphatic rings. The van der Waals surface area contributed by atoms with E-state index in [1.807, 2.05) is 6.08 Å². The molecule has 4 nitrogen and oxygen atoms in total. The molecule has 0 aromatic carbocycles. The Morgan fingerprint density at radius 3 is 1.96 bits per heavy atom. The number of rotatable bonds is 12. The van der Waals surface area contributed by atoms with Gasteiger partial charge in [-0.1, -0.05) is 0 Å². The van der Waals surface area contributed by atoms with Crippen LogP contribution in [0.25, 0.3) is 0 Å². The van der Waals surface area contributed by atoms with Crippen molar-refractivity contribution in [2.24, 2.45) is 0 Å². The average Bonchev–Trinajstić information content (AvgIpc) is 2.86. The number of cyclic esters (lactones) is 1. The van der Waals surface area contributed by atoms with Crippen molar-refractivity contribution < 1.29 is 19.7 Å². The fourth-order valence-electron chi connectivity index (χ4n) is 3.46. The van der Waals surface area contributed by atoms with Gasteiger partial charge in [-0.15, -0.1) is 0 Å². The molecular formula is C20H36O4Sn. The second-order valence-corrected chi connectivity index (χ2v) is 20.6. The first-order valence-corrected chi connectivity index (χ1v) is 17.5. The van der Waals surface area contributed by atoms with Crippen LogP contribution in [0.1, 0.15) is 66.2 Å². The Balaban J connectivity index is 2.96. The van der Waals surface area contributed by atoms with E-state index in [0.29, 0.717) is 0 Å². The predicted octanol–water partition coefficient (Wildman–Crippen LogP) is 5.05. The number of hydrogen-bond donors (Lipinski definition) is 2. The molecule has 0 bridgehead atoms. The molecule has 2 N–H and O–H groups in total. The molecule has 0 aliphatic carbocycles. The minimum atomic E-state index is -2.47. The summed E-state index contributed by atoms with van der Waals surface area (Å²) >= 11 is -2.47. The van der Waals surface area contributed by atoms with E-state index in [1.54, 1.807) is 6.92 Å². The number of unbranched alkanes of at least 4 members (excludes halogenated alkanes) is 3. The summed E-state index contributed by atoms with van der Waals surface area (Å²) in [7, 11) is 0. The summed E-state index contributed by atoms with van der Waals surface area (Å²) in [5.74, 6) is -1.17. The predicted molar refractivity (Wildman–Crippen MR) is 105 cm³/mol. The zero-order valence-corrected chi connectivity index (χ0v) is 19.2. The van der Waals surface area contributed by atoms with Crippen LogP contribution >= 0.6 is 0 Å². The van der Waals surface area contributed by atoms with Gasteiger partial charge in [-0.25, -0.2) is 0 Å². The summed E-state index contributed by atoms with van der Waals surface area (Å²) in [5.41, 5.74) is -1.16. The standard InChI is InChI=1S/C8H9O4.3C4H9.Sn/c1-3-6(10)8(2)4-5(9)7(11)12-8;3*1-3-4-2;/h1,3-4,6,9-10H,2H3;3*1,3-4H2,2H3;/t6-,8+;;;;/m1..../s1. The number of carbonyl (C=O) groups excluding carboxylic acids is 1. The van der Waals surface area contributed by atoms with Gasteiger partial charge in [0.05, 0.1) is 0 Å². The third-order valence-corrected chi connectivity index (χ3v) is 19.4. The van der Waals surface area contributed by atoms with Crippen LogP contribution < -0.4 is 0 Å². The maximum atomic E-state index is 11.5.